The lowest BCUT2D eigenvalue weighted by Gasteiger charge is -2.23. The van der Waals surface area contributed by atoms with Crippen molar-refractivity contribution in [3.05, 3.63) is 41.2 Å². The quantitative estimate of drug-likeness (QED) is 0.416. The van der Waals surface area contributed by atoms with E-state index < -0.39 is 0 Å². The van der Waals surface area contributed by atoms with Gasteiger partial charge in [-0.3, -0.25) is 10.1 Å². The zero-order valence-corrected chi connectivity index (χ0v) is 20.2. The molecule has 0 aliphatic heterocycles. The Labute approximate surface area is 191 Å². The van der Waals surface area contributed by atoms with Gasteiger partial charge in [0.05, 0.1) is 30.1 Å². The molecule has 0 unspecified atom stereocenters. The van der Waals surface area contributed by atoms with Gasteiger partial charge in [-0.15, -0.1) is 0 Å². The van der Waals surface area contributed by atoms with Crippen molar-refractivity contribution < 1.29 is 9.47 Å². The third-order valence-corrected chi connectivity index (χ3v) is 6.51. The van der Waals surface area contributed by atoms with Crippen LogP contribution in [0.15, 0.2) is 24.4 Å². The van der Waals surface area contributed by atoms with Crippen LogP contribution in [-0.4, -0.2) is 27.9 Å². The molecule has 4 rings (SSSR count). The maximum Gasteiger partial charge on any atom is 0.129 e. The second-order valence-corrected chi connectivity index (χ2v) is 9.77. The Morgan fingerprint density at radius 3 is 2.59 bits per heavy atom. The average Bonchev–Trinajstić information content (AvgIpc) is 3.24. The first-order chi connectivity index (χ1) is 15.4. The van der Waals surface area contributed by atoms with Crippen LogP contribution >= 0.6 is 0 Å². The van der Waals surface area contributed by atoms with Crippen molar-refractivity contribution in [2.75, 3.05) is 6.61 Å². The molecule has 1 aliphatic carbocycles. The number of H-pyrrole nitrogens is 1. The van der Waals surface area contributed by atoms with E-state index in [9.17, 15) is 0 Å². The molecule has 2 aromatic heterocycles. The predicted octanol–water partition coefficient (Wildman–Crippen LogP) is 6.94. The lowest BCUT2D eigenvalue weighted by molar-refractivity contribution is 0.0712. The largest absolute Gasteiger partial charge is 0.490 e. The molecular formula is C27H37N3O2. The molecule has 0 saturated heterocycles. The summed E-state index contributed by atoms with van der Waals surface area (Å²) in [4.78, 5) is 5.05. The van der Waals surface area contributed by atoms with Crippen molar-refractivity contribution in [2.45, 2.75) is 85.4 Å². The number of hydrogen-bond donors (Lipinski definition) is 1. The fourth-order valence-corrected chi connectivity index (χ4v) is 4.82. The van der Waals surface area contributed by atoms with Crippen LogP contribution in [0, 0.1) is 12.8 Å². The number of pyridine rings is 1. The SMILES string of the molecule is Cc1nc(-c2c(C(C)C)ccc3[nH]ncc23)cc(OC(C)C)c1COCC1CCCCC1. The van der Waals surface area contributed by atoms with E-state index >= 15 is 0 Å². The summed E-state index contributed by atoms with van der Waals surface area (Å²) < 4.78 is 12.5. The number of benzene rings is 1. The minimum Gasteiger partial charge on any atom is -0.490 e. The van der Waals surface area contributed by atoms with E-state index in [1.54, 1.807) is 0 Å². The Bertz CT molecular complexity index is 1050. The molecule has 3 aromatic rings. The fourth-order valence-electron chi connectivity index (χ4n) is 4.82. The number of aromatic nitrogens is 3. The van der Waals surface area contributed by atoms with Crippen LogP contribution in [0.2, 0.25) is 0 Å². The van der Waals surface area contributed by atoms with Gasteiger partial charge in [-0.2, -0.15) is 5.10 Å². The molecule has 1 aliphatic rings. The number of nitrogens with zero attached hydrogens (tertiary/aromatic N) is 2. The van der Waals surface area contributed by atoms with E-state index in [2.05, 4.69) is 63.0 Å². The van der Waals surface area contributed by atoms with Crippen molar-refractivity contribution in [3.8, 4) is 17.0 Å². The number of aromatic amines is 1. The smallest absolute Gasteiger partial charge is 0.129 e. The molecule has 0 atom stereocenters. The highest BCUT2D eigenvalue weighted by molar-refractivity contribution is 5.95. The fraction of sp³-hybridized carbons (Fsp3) is 0.556. The summed E-state index contributed by atoms with van der Waals surface area (Å²) in [6.07, 6.45) is 8.60. The van der Waals surface area contributed by atoms with Gasteiger partial charge < -0.3 is 9.47 Å². The topological polar surface area (TPSA) is 60.0 Å². The normalized spacial score (nSPS) is 15.2. The Morgan fingerprint density at radius 1 is 1.09 bits per heavy atom. The van der Waals surface area contributed by atoms with Gasteiger partial charge in [0, 0.05) is 34.9 Å². The van der Waals surface area contributed by atoms with Gasteiger partial charge in [0.1, 0.15) is 5.75 Å². The van der Waals surface area contributed by atoms with Crippen LogP contribution < -0.4 is 4.74 Å². The summed E-state index contributed by atoms with van der Waals surface area (Å²) in [6.45, 7) is 12.0. The monoisotopic (exact) mass is 435 g/mol. The molecule has 0 bridgehead atoms. The summed E-state index contributed by atoms with van der Waals surface area (Å²) in [6, 6.07) is 6.38. The van der Waals surface area contributed by atoms with E-state index in [1.165, 1.54) is 37.7 Å². The minimum atomic E-state index is 0.0797. The summed E-state index contributed by atoms with van der Waals surface area (Å²) in [5.74, 6) is 1.94. The van der Waals surface area contributed by atoms with Crippen molar-refractivity contribution in [2.24, 2.45) is 5.92 Å². The number of ether oxygens (including phenoxy) is 2. The minimum absolute atomic E-state index is 0.0797. The number of aryl methyl sites for hydroxylation is 1. The van der Waals surface area contributed by atoms with Gasteiger partial charge in [-0.05, 0) is 57.1 Å². The van der Waals surface area contributed by atoms with Gasteiger partial charge in [-0.1, -0.05) is 39.2 Å². The lowest BCUT2D eigenvalue weighted by atomic mass is 9.90. The van der Waals surface area contributed by atoms with E-state index in [4.69, 9.17) is 14.5 Å². The summed E-state index contributed by atoms with van der Waals surface area (Å²) in [5.41, 5.74) is 6.39. The van der Waals surface area contributed by atoms with E-state index in [-0.39, 0.29) is 6.10 Å². The number of hydrogen-bond acceptors (Lipinski definition) is 4. The molecule has 32 heavy (non-hydrogen) atoms. The predicted molar refractivity (Wildman–Crippen MR) is 130 cm³/mol. The zero-order chi connectivity index (χ0) is 22.7. The first-order valence-corrected chi connectivity index (χ1v) is 12.1. The molecule has 5 heteroatoms. The van der Waals surface area contributed by atoms with Gasteiger partial charge in [0.25, 0.3) is 0 Å². The lowest BCUT2D eigenvalue weighted by Crippen LogP contribution is -2.15. The van der Waals surface area contributed by atoms with Gasteiger partial charge in [0.2, 0.25) is 0 Å². The molecule has 172 valence electrons. The van der Waals surface area contributed by atoms with Crippen LogP contribution in [0.1, 0.15) is 82.5 Å². The molecule has 1 N–H and O–H groups in total. The summed E-state index contributed by atoms with van der Waals surface area (Å²) in [5, 5.41) is 8.48. The Kier molecular flexibility index (Phi) is 7.14. The maximum atomic E-state index is 6.28. The third-order valence-electron chi connectivity index (χ3n) is 6.51. The molecule has 0 radical (unpaired) electrons. The van der Waals surface area contributed by atoms with Crippen molar-refractivity contribution in [1.29, 1.82) is 0 Å². The first kappa shape index (κ1) is 22.8. The van der Waals surface area contributed by atoms with Crippen molar-refractivity contribution >= 4 is 10.9 Å². The second-order valence-electron chi connectivity index (χ2n) is 9.77. The van der Waals surface area contributed by atoms with Crippen LogP contribution in [0.25, 0.3) is 22.2 Å². The first-order valence-electron chi connectivity index (χ1n) is 12.1. The Morgan fingerprint density at radius 2 is 1.88 bits per heavy atom. The molecule has 0 amide bonds. The maximum absolute atomic E-state index is 6.28. The molecule has 0 spiro atoms. The van der Waals surface area contributed by atoms with Gasteiger partial charge in [0.15, 0.2) is 0 Å². The third kappa shape index (κ3) is 4.98. The Balaban J connectivity index is 1.69. The number of fused-ring (bicyclic) bond motifs is 1. The number of rotatable bonds is 8. The molecule has 5 nitrogen and oxygen atoms in total. The molecule has 2 heterocycles. The second kappa shape index (κ2) is 10.0. The van der Waals surface area contributed by atoms with E-state index in [0.29, 0.717) is 18.4 Å². The highest BCUT2D eigenvalue weighted by Crippen LogP contribution is 2.37. The molecule has 1 saturated carbocycles. The molecule has 1 fully saturated rings. The van der Waals surface area contributed by atoms with Gasteiger partial charge in [-0.25, -0.2) is 0 Å². The zero-order valence-electron chi connectivity index (χ0n) is 20.2. The highest BCUT2D eigenvalue weighted by Gasteiger charge is 2.20. The molecule has 1 aromatic carbocycles. The summed E-state index contributed by atoms with van der Waals surface area (Å²) in [7, 11) is 0. The van der Waals surface area contributed by atoms with Gasteiger partial charge >= 0.3 is 0 Å². The summed E-state index contributed by atoms with van der Waals surface area (Å²) >= 11 is 0. The van der Waals surface area contributed by atoms with Crippen molar-refractivity contribution in [1.82, 2.24) is 15.2 Å². The van der Waals surface area contributed by atoms with E-state index in [1.807, 2.05) is 6.20 Å². The molecular weight excluding hydrogens is 398 g/mol. The standard InChI is InChI=1S/C27H37N3O2/c1-17(2)21-11-12-24-22(14-28-30-24)27(21)25-13-26(32-18(3)4)23(19(5)29-25)16-31-15-20-9-7-6-8-10-20/h11-14,17-18,20H,6-10,15-16H2,1-5H3,(H,28,30). The van der Waals surface area contributed by atoms with Crippen LogP contribution in [-0.2, 0) is 11.3 Å². The average molecular weight is 436 g/mol. The van der Waals surface area contributed by atoms with Crippen LogP contribution in [0.5, 0.6) is 5.75 Å². The van der Waals surface area contributed by atoms with Crippen LogP contribution in [0.4, 0.5) is 0 Å². The van der Waals surface area contributed by atoms with Crippen LogP contribution in [0.3, 0.4) is 0 Å². The van der Waals surface area contributed by atoms with Crippen molar-refractivity contribution in [3.63, 3.8) is 0 Å². The number of nitrogens with one attached hydrogen (secondary N) is 1. The highest BCUT2D eigenvalue weighted by atomic mass is 16.5. The van der Waals surface area contributed by atoms with E-state index in [0.717, 1.165) is 45.8 Å². The Hall–Kier alpha value is -2.40.